The maximum atomic E-state index is 14.1. The highest BCUT2D eigenvalue weighted by molar-refractivity contribution is 7.07. The maximum absolute atomic E-state index is 14.1. The molecule has 0 saturated carbocycles. The van der Waals surface area contributed by atoms with Crippen LogP contribution < -0.4 is 24.4 Å². The number of hydrogen-bond acceptors (Lipinski definition) is 7. The molecule has 4 aromatic rings. The Morgan fingerprint density at radius 1 is 1.07 bits per heavy atom. The normalized spacial score (nSPS) is 15.0. The van der Waals surface area contributed by atoms with Crippen molar-refractivity contribution < 1.29 is 19.0 Å². The predicted octanol–water partition coefficient (Wildman–Crippen LogP) is 4.88. The molecule has 0 radical (unpaired) electrons. The van der Waals surface area contributed by atoms with Gasteiger partial charge >= 0.3 is 5.97 Å². The lowest BCUT2D eigenvalue weighted by molar-refractivity contribution is -0.139. The van der Waals surface area contributed by atoms with E-state index in [4.69, 9.17) is 25.8 Å². The molecule has 212 valence electrons. The van der Waals surface area contributed by atoms with Crippen molar-refractivity contribution in [3.8, 4) is 17.2 Å². The van der Waals surface area contributed by atoms with Gasteiger partial charge in [-0.2, -0.15) is 0 Å². The third kappa shape index (κ3) is 5.11. The van der Waals surface area contributed by atoms with Crippen molar-refractivity contribution >= 4 is 35.0 Å². The van der Waals surface area contributed by atoms with Crippen molar-refractivity contribution in [2.24, 2.45) is 4.99 Å². The Labute approximate surface area is 246 Å². The van der Waals surface area contributed by atoms with E-state index in [0.717, 1.165) is 22.6 Å². The Balaban J connectivity index is 1.71. The van der Waals surface area contributed by atoms with E-state index in [1.807, 2.05) is 56.3 Å². The van der Waals surface area contributed by atoms with E-state index in [2.05, 4.69) is 9.56 Å². The summed E-state index contributed by atoms with van der Waals surface area (Å²) in [5.41, 5.74) is 5.03. The van der Waals surface area contributed by atoms with Crippen LogP contribution in [0.4, 0.5) is 0 Å². The molecule has 0 amide bonds. The number of methoxy groups -OCH3 is 2. The van der Waals surface area contributed by atoms with Gasteiger partial charge in [-0.05, 0) is 81.3 Å². The lowest BCUT2D eigenvalue weighted by Gasteiger charge is -2.25. The third-order valence-corrected chi connectivity index (χ3v) is 8.28. The second-order valence-corrected chi connectivity index (χ2v) is 11.0. The molecule has 1 atom stereocenters. The zero-order valence-corrected chi connectivity index (χ0v) is 25.2. The van der Waals surface area contributed by atoms with Crippen LogP contribution in [0.2, 0.25) is 5.02 Å². The van der Waals surface area contributed by atoms with Gasteiger partial charge in [0.05, 0.1) is 42.7 Å². The van der Waals surface area contributed by atoms with Crippen LogP contribution in [0.25, 0.3) is 11.8 Å². The van der Waals surface area contributed by atoms with E-state index in [1.54, 1.807) is 44.8 Å². The Morgan fingerprint density at radius 3 is 2.51 bits per heavy atom. The average molecular weight is 592 g/mol. The topological polar surface area (TPSA) is 84.1 Å². The molecule has 10 heteroatoms. The number of thiazole rings is 1. The van der Waals surface area contributed by atoms with E-state index < -0.39 is 12.0 Å². The Kier molecular flexibility index (Phi) is 7.93. The van der Waals surface area contributed by atoms with Crippen LogP contribution in [0.5, 0.6) is 11.5 Å². The molecule has 1 aliphatic heterocycles. The monoisotopic (exact) mass is 591 g/mol. The number of carbonyl (C=O) groups is 1. The lowest BCUT2D eigenvalue weighted by Crippen LogP contribution is -2.40. The number of allylic oxidation sites excluding steroid dienone is 1. The number of fused-ring (bicyclic) bond motifs is 1. The van der Waals surface area contributed by atoms with Gasteiger partial charge in [-0.15, -0.1) is 0 Å². The largest absolute Gasteiger partial charge is 0.493 e. The smallest absolute Gasteiger partial charge is 0.338 e. The van der Waals surface area contributed by atoms with E-state index >= 15 is 0 Å². The summed E-state index contributed by atoms with van der Waals surface area (Å²) in [6.07, 6.45) is 1.88. The van der Waals surface area contributed by atoms with Crippen molar-refractivity contribution in [1.29, 1.82) is 0 Å². The number of ether oxygens (including phenoxy) is 3. The minimum Gasteiger partial charge on any atom is -0.493 e. The first kappa shape index (κ1) is 28.4. The van der Waals surface area contributed by atoms with Crippen LogP contribution in [0, 0.1) is 13.8 Å². The lowest BCUT2D eigenvalue weighted by atomic mass is 9.95. The summed E-state index contributed by atoms with van der Waals surface area (Å²) in [6.45, 7) is 7.72. The molecular weight excluding hydrogens is 562 g/mol. The number of esters is 1. The first-order chi connectivity index (χ1) is 19.7. The SMILES string of the molecule is CCOC(=O)C1=C(C)N=c2s/c(=C/c3cc(C)n(-c4cccc(Cl)c4)c3C)c(=O)n2[C@H]1c1ccc(OC)c(OC)c1. The van der Waals surface area contributed by atoms with Gasteiger partial charge in [0.25, 0.3) is 5.56 Å². The Bertz CT molecular complexity index is 1880. The summed E-state index contributed by atoms with van der Waals surface area (Å²) < 4.78 is 20.5. The average Bonchev–Trinajstić information content (AvgIpc) is 3.41. The van der Waals surface area contributed by atoms with Crippen LogP contribution in [0.15, 0.2) is 69.6 Å². The van der Waals surface area contributed by atoms with Crippen LogP contribution in [-0.4, -0.2) is 35.9 Å². The molecule has 0 spiro atoms. The minimum atomic E-state index is -0.758. The Morgan fingerprint density at radius 2 is 1.83 bits per heavy atom. The second kappa shape index (κ2) is 11.4. The van der Waals surface area contributed by atoms with E-state index in [-0.39, 0.29) is 12.2 Å². The van der Waals surface area contributed by atoms with Crippen molar-refractivity contribution in [2.75, 3.05) is 20.8 Å². The fourth-order valence-corrected chi connectivity index (χ4v) is 6.44. The molecule has 0 fully saturated rings. The molecule has 8 nitrogen and oxygen atoms in total. The summed E-state index contributed by atoms with van der Waals surface area (Å²) in [4.78, 5) is 32.4. The summed E-state index contributed by atoms with van der Waals surface area (Å²) in [6, 6.07) is 14.3. The van der Waals surface area contributed by atoms with E-state index in [0.29, 0.717) is 42.7 Å². The highest BCUT2D eigenvalue weighted by atomic mass is 35.5. The third-order valence-electron chi connectivity index (χ3n) is 7.06. The molecule has 1 aliphatic rings. The van der Waals surface area contributed by atoms with Gasteiger partial charge in [0.15, 0.2) is 16.3 Å². The van der Waals surface area contributed by atoms with E-state index in [9.17, 15) is 9.59 Å². The van der Waals surface area contributed by atoms with Crippen LogP contribution in [0.3, 0.4) is 0 Å². The quantitative estimate of drug-likeness (QED) is 0.286. The molecule has 41 heavy (non-hydrogen) atoms. The number of carbonyl (C=O) groups excluding carboxylic acids is 1. The van der Waals surface area contributed by atoms with Crippen LogP contribution in [0.1, 0.15) is 42.4 Å². The number of rotatable bonds is 7. The molecule has 3 heterocycles. The summed E-state index contributed by atoms with van der Waals surface area (Å²) in [7, 11) is 3.10. The molecule has 0 aliphatic carbocycles. The molecule has 2 aromatic carbocycles. The zero-order chi connectivity index (χ0) is 29.4. The predicted molar refractivity (Wildman–Crippen MR) is 160 cm³/mol. The summed E-state index contributed by atoms with van der Waals surface area (Å²) >= 11 is 7.54. The first-order valence-corrected chi connectivity index (χ1v) is 14.2. The first-order valence-electron chi connectivity index (χ1n) is 13.0. The van der Waals surface area contributed by atoms with Gasteiger partial charge in [0.1, 0.15) is 0 Å². The maximum Gasteiger partial charge on any atom is 0.338 e. The molecule has 2 aromatic heterocycles. The fraction of sp³-hybridized carbons (Fsp3) is 0.258. The van der Waals surface area contributed by atoms with Gasteiger partial charge in [-0.3, -0.25) is 9.36 Å². The zero-order valence-electron chi connectivity index (χ0n) is 23.6. The second-order valence-electron chi connectivity index (χ2n) is 9.56. The van der Waals surface area contributed by atoms with Crippen molar-refractivity contribution in [3.05, 3.63) is 107 Å². The van der Waals surface area contributed by atoms with Gasteiger partial charge < -0.3 is 18.8 Å². The molecule has 0 N–H and O–H groups in total. The standard InChI is InChI=1S/C31H30ClN3O5S/c1-7-40-30(37)27-18(3)33-31-35(28(27)20-11-12-24(38-5)25(14-20)39-6)29(36)26(41-31)15-21-13-17(2)34(19(21)4)23-10-8-9-22(32)16-23/h8-16,28H,7H2,1-6H3/b26-15+/t28-/m0/s1. The van der Waals surface area contributed by atoms with Crippen molar-refractivity contribution in [2.45, 2.75) is 33.7 Å². The minimum absolute atomic E-state index is 0.195. The van der Waals surface area contributed by atoms with Gasteiger partial charge in [-0.25, -0.2) is 9.79 Å². The van der Waals surface area contributed by atoms with Gasteiger partial charge in [-0.1, -0.05) is 35.1 Å². The van der Waals surface area contributed by atoms with Gasteiger partial charge in [0.2, 0.25) is 0 Å². The van der Waals surface area contributed by atoms with Crippen LogP contribution in [-0.2, 0) is 9.53 Å². The van der Waals surface area contributed by atoms with Crippen molar-refractivity contribution in [1.82, 2.24) is 9.13 Å². The fourth-order valence-electron chi connectivity index (χ4n) is 5.22. The number of nitrogens with zero attached hydrogens (tertiary/aromatic N) is 3. The molecular formula is C31H30ClN3O5S. The highest BCUT2D eigenvalue weighted by Gasteiger charge is 2.34. The molecule has 5 rings (SSSR count). The Hall–Kier alpha value is -4.08. The van der Waals surface area contributed by atoms with Gasteiger partial charge in [0, 0.05) is 22.1 Å². The summed E-state index contributed by atoms with van der Waals surface area (Å²) in [5.74, 6) is 0.503. The van der Waals surface area contributed by atoms with Crippen molar-refractivity contribution in [3.63, 3.8) is 0 Å². The highest BCUT2D eigenvalue weighted by Crippen LogP contribution is 2.36. The number of hydrogen-bond donors (Lipinski definition) is 0. The van der Waals surface area contributed by atoms with E-state index in [1.165, 1.54) is 11.3 Å². The number of aromatic nitrogens is 2. The number of halogens is 1. The summed E-state index contributed by atoms with van der Waals surface area (Å²) in [5, 5.41) is 0.646. The van der Waals surface area contributed by atoms with Crippen LogP contribution >= 0.6 is 22.9 Å². The molecule has 0 unspecified atom stereocenters. The molecule has 0 bridgehead atoms. The number of benzene rings is 2. The number of aryl methyl sites for hydroxylation is 1. The molecule has 0 saturated heterocycles.